The third kappa shape index (κ3) is 3.92. The second-order valence-corrected chi connectivity index (χ2v) is 11.3. The highest BCUT2D eigenvalue weighted by Gasteiger charge is 2.56. The summed E-state index contributed by atoms with van der Waals surface area (Å²) in [6.07, 6.45) is 4.18. The van der Waals surface area contributed by atoms with Gasteiger partial charge in [-0.25, -0.2) is 9.78 Å². The third-order valence-corrected chi connectivity index (χ3v) is 7.76. The van der Waals surface area contributed by atoms with Crippen molar-refractivity contribution in [3.63, 3.8) is 0 Å². The summed E-state index contributed by atoms with van der Waals surface area (Å²) in [6, 6.07) is 5.02. The zero-order chi connectivity index (χ0) is 21.7. The molecule has 4 rings (SSSR count). The van der Waals surface area contributed by atoms with Gasteiger partial charge in [-0.15, -0.1) is 11.3 Å². The first kappa shape index (κ1) is 21.1. The molecule has 160 valence electrons. The average Bonchev–Trinajstić information content (AvgIpc) is 3.14. The lowest BCUT2D eigenvalue weighted by Crippen LogP contribution is -2.54. The summed E-state index contributed by atoms with van der Waals surface area (Å²) in [5.41, 5.74) is 0.567. The van der Waals surface area contributed by atoms with E-state index in [2.05, 4.69) is 36.4 Å². The molecule has 7 nitrogen and oxygen atoms in total. The summed E-state index contributed by atoms with van der Waals surface area (Å²) < 4.78 is 1.94. The number of urea groups is 1. The first-order chi connectivity index (χ1) is 14.1. The van der Waals surface area contributed by atoms with E-state index in [-0.39, 0.29) is 17.9 Å². The fraction of sp³-hybridized carbons (Fsp3) is 0.524. The molecule has 2 fully saturated rings. The number of hydrogen-bond donors (Lipinski definition) is 2. The molecule has 9 heteroatoms. The highest BCUT2D eigenvalue weighted by atomic mass is 32.2. The molecule has 2 heterocycles. The molecule has 1 aromatic heterocycles. The van der Waals surface area contributed by atoms with Crippen LogP contribution in [-0.4, -0.2) is 46.1 Å². The lowest BCUT2D eigenvalue weighted by molar-refractivity contribution is -0.136. The SMILES string of the molecule is CSc1nc2ccc(NC(=O)CN3C(=O)N[C@@]4(C[C@@H](C)CC(C)(C)C4)C3=O)cc2s1. The van der Waals surface area contributed by atoms with Crippen LogP contribution in [0.4, 0.5) is 10.5 Å². The van der Waals surface area contributed by atoms with Crippen molar-refractivity contribution in [1.82, 2.24) is 15.2 Å². The normalized spacial score (nSPS) is 25.7. The average molecular weight is 447 g/mol. The number of fused-ring (bicyclic) bond motifs is 1. The van der Waals surface area contributed by atoms with Crippen molar-refractivity contribution in [2.75, 3.05) is 18.1 Å². The van der Waals surface area contributed by atoms with Crippen LogP contribution in [0.1, 0.15) is 40.0 Å². The highest BCUT2D eigenvalue weighted by Crippen LogP contribution is 2.46. The van der Waals surface area contributed by atoms with Gasteiger partial charge < -0.3 is 10.6 Å². The second-order valence-electron chi connectivity index (χ2n) is 9.17. The van der Waals surface area contributed by atoms with Crippen LogP contribution in [0, 0.1) is 11.3 Å². The first-order valence-electron chi connectivity index (χ1n) is 9.99. The van der Waals surface area contributed by atoms with Gasteiger partial charge in [0.15, 0.2) is 4.34 Å². The van der Waals surface area contributed by atoms with E-state index in [1.54, 1.807) is 29.2 Å². The summed E-state index contributed by atoms with van der Waals surface area (Å²) in [6.45, 7) is 6.06. The molecule has 1 saturated heterocycles. The Balaban J connectivity index is 1.47. The first-order valence-corrected chi connectivity index (χ1v) is 12.0. The lowest BCUT2D eigenvalue weighted by Gasteiger charge is -2.43. The monoisotopic (exact) mass is 446 g/mol. The largest absolute Gasteiger partial charge is 0.325 e. The number of benzene rings is 1. The molecule has 4 amide bonds. The molecule has 1 spiro atoms. The molecule has 2 aromatic rings. The standard InChI is InChI=1S/C21H26N4O3S2/c1-12-8-20(2,3)11-21(9-12)17(27)25(18(28)24-21)10-16(26)22-13-5-6-14-15(7-13)30-19(23-14)29-4/h5-7,12H,8-11H2,1-4H3,(H,22,26)(H,24,28)/t12-,21+/m0/s1. The second kappa shape index (κ2) is 7.53. The third-order valence-electron chi connectivity index (χ3n) is 5.75. The summed E-state index contributed by atoms with van der Waals surface area (Å²) in [5.74, 6) is -0.360. The smallest absolute Gasteiger partial charge is 0.324 e. The number of amides is 4. The minimum absolute atomic E-state index is 0.0430. The molecule has 0 unspecified atom stereocenters. The van der Waals surface area contributed by atoms with Gasteiger partial charge in [0.2, 0.25) is 5.91 Å². The Kier molecular flexibility index (Phi) is 5.30. The molecule has 30 heavy (non-hydrogen) atoms. The summed E-state index contributed by atoms with van der Waals surface area (Å²) in [5, 5.41) is 5.71. The van der Waals surface area contributed by atoms with Crippen LogP contribution in [0.25, 0.3) is 10.2 Å². The summed E-state index contributed by atoms with van der Waals surface area (Å²) in [7, 11) is 0. The predicted octanol–water partition coefficient (Wildman–Crippen LogP) is 4.09. The number of anilines is 1. The van der Waals surface area contributed by atoms with E-state index in [0.29, 0.717) is 24.4 Å². The number of carbonyl (C=O) groups is 3. The van der Waals surface area contributed by atoms with E-state index >= 15 is 0 Å². The summed E-state index contributed by atoms with van der Waals surface area (Å²) in [4.78, 5) is 43.9. The van der Waals surface area contributed by atoms with Gasteiger partial charge in [0, 0.05) is 5.69 Å². The maximum absolute atomic E-state index is 13.2. The summed E-state index contributed by atoms with van der Waals surface area (Å²) >= 11 is 3.14. The van der Waals surface area contributed by atoms with Gasteiger partial charge in [-0.1, -0.05) is 32.5 Å². The van der Waals surface area contributed by atoms with E-state index in [1.165, 1.54) is 0 Å². The van der Waals surface area contributed by atoms with Gasteiger partial charge in [0.05, 0.1) is 10.2 Å². The van der Waals surface area contributed by atoms with Crippen LogP contribution in [0.15, 0.2) is 22.5 Å². The maximum atomic E-state index is 13.2. The predicted molar refractivity (Wildman–Crippen MR) is 120 cm³/mol. The van der Waals surface area contributed by atoms with Crippen molar-refractivity contribution in [1.29, 1.82) is 0 Å². The quantitative estimate of drug-likeness (QED) is 0.545. The van der Waals surface area contributed by atoms with Gasteiger partial charge in [-0.3, -0.25) is 14.5 Å². The Hall–Kier alpha value is -2.13. The van der Waals surface area contributed by atoms with Crippen molar-refractivity contribution >= 4 is 56.8 Å². The van der Waals surface area contributed by atoms with E-state index < -0.39 is 17.5 Å². The van der Waals surface area contributed by atoms with Gasteiger partial charge in [0.25, 0.3) is 5.91 Å². The Labute approximate surface area is 184 Å². The van der Waals surface area contributed by atoms with Gasteiger partial charge >= 0.3 is 6.03 Å². The maximum Gasteiger partial charge on any atom is 0.325 e. The minimum atomic E-state index is -0.895. The molecule has 2 N–H and O–H groups in total. The zero-order valence-electron chi connectivity index (χ0n) is 17.6. The number of aromatic nitrogens is 1. The van der Waals surface area contributed by atoms with E-state index in [0.717, 1.165) is 25.9 Å². The molecule has 1 aliphatic carbocycles. The van der Waals surface area contributed by atoms with Crippen molar-refractivity contribution in [3.8, 4) is 0 Å². The van der Waals surface area contributed by atoms with Crippen LogP contribution >= 0.6 is 23.1 Å². The number of imide groups is 1. The number of carbonyl (C=O) groups excluding carboxylic acids is 3. The fourth-order valence-corrected chi connectivity index (χ4v) is 6.59. The van der Waals surface area contributed by atoms with Crippen molar-refractivity contribution in [2.45, 2.75) is 49.9 Å². The Morgan fingerprint density at radius 1 is 1.37 bits per heavy atom. The molecule has 0 radical (unpaired) electrons. The number of rotatable bonds is 4. The van der Waals surface area contributed by atoms with Crippen LogP contribution in [-0.2, 0) is 9.59 Å². The molecule has 1 saturated carbocycles. The molecular formula is C21H26N4O3S2. The number of thiazole rings is 1. The van der Waals surface area contributed by atoms with E-state index in [4.69, 9.17) is 0 Å². The van der Waals surface area contributed by atoms with Crippen LogP contribution in [0.2, 0.25) is 0 Å². The van der Waals surface area contributed by atoms with E-state index in [1.807, 2.05) is 18.4 Å². The van der Waals surface area contributed by atoms with Gasteiger partial charge in [-0.05, 0) is 55.1 Å². The van der Waals surface area contributed by atoms with Crippen LogP contribution in [0.5, 0.6) is 0 Å². The van der Waals surface area contributed by atoms with Gasteiger partial charge in [0.1, 0.15) is 12.1 Å². The molecule has 2 aliphatic rings. The molecular weight excluding hydrogens is 420 g/mol. The number of hydrogen-bond acceptors (Lipinski definition) is 6. The Morgan fingerprint density at radius 3 is 2.83 bits per heavy atom. The number of thioether (sulfide) groups is 1. The van der Waals surface area contributed by atoms with Crippen LogP contribution in [0.3, 0.4) is 0 Å². The van der Waals surface area contributed by atoms with E-state index in [9.17, 15) is 14.4 Å². The highest BCUT2D eigenvalue weighted by molar-refractivity contribution is 8.00. The Morgan fingerprint density at radius 2 is 2.13 bits per heavy atom. The van der Waals surface area contributed by atoms with Crippen LogP contribution < -0.4 is 10.6 Å². The number of nitrogens with zero attached hydrogens (tertiary/aromatic N) is 2. The van der Waals surface area contributed by atoms with Crippen molar-refractivity contribution < 1.29 is 14.4 Å². The molecule has 0 bridgehead atoms. The molecule has 2 atom stereocenters. The van der Waals surface area contributed by atoms with Crippen molar-refractivity contribution in [2.24, 2.45) is 11.3 Å². The van der Waals surface area contributed by atoms with Gasteiger partial charge in [-0.2, -0.15) is 0 Å². The number of nitrogens with one attached hydrogen (secondary N) is 2. The topological polar surface area (TPSA) is 91.4 Å². The Bertz CT molecular complexity index is 1030. The lowest BCUT2D eigenvalue weighted by atomic mass is 9.64. The van der Waals surface area contributed by atoms with Crippen molar-refractivity contribution in [3.05, 3.63) is 18.2 Å². The zero-order valence-corrected chi connectivity index (χ0v) is 19.2. The fourth-order valence-electron chi connectivity index (χ4n) is 5.06. The molecule has 1 aromatic carbocycles. The molecule has 1 aliphatic heterocycles. The minimum Gasteiger partial charge on any atom is -0.324 e.